The van der Waals surface area contributed by atoms with Gasteiger partial charge in [-0.05, 0) is 33.2 Å². The van der Waals surface area contributed by atoms with Crippen LogP contribution >= 0.6 is 11.3 Å². The predicted octanol–water partition coefficient (Wildman–Crippen LogP) is 1.26. The van der Waals surface area contributed by atoms with E-state index in [0.717, 1.165) is 38.3 Å². The van der Waals surface area contributed by atoms with Crippen LogP contribution in [-0.2, 0) is 16.1 Å². The fraction of sp³-hybridized carbons (Fsp3) is 0.688. The number of carbonyl (C=O) groups is 2. The Morgan fingerprint density at radius 2 is 2.30 bits per heavy atom. The first kappa shape index (κ1) is 17.9. The molecule has 0 aliphatic carbocycles. The van der Waals surface area contributed by atoms with E-state index < -0.39 is 6.04 Å². The smallest absolute Gasteiger partial charge is 0.244 e. The predicted molar refractivity (Wildman–Crippen MR) is 91.2 cm³/mol. The van der Waals surface area contributed by atoms with Gasteiger partial charge in [-0.2, -0.15) is 0 Å². The molecule has 0 aromatic carbocycles. The fourth-order valence-corrected chi connectivity index (χ4v) is 3.91. The lowest BCUT2D eigenvalue weighted by Gasteiger charge is -2.23. The minimum atomic E-state index is -0.441. The van der Waals surface area contributed by atoms with Crippen LogP contribution < -0.4 is 5.32 Å². The lowest BCUT2D eigenvalue weighted by Crippen LogP contribution is -2.45. The second-order valence-electron chi connectivity index (χ2n) is 6.42. The lowest BCUT2D eigenvalue weighted by atomic mass is 10.1. The molecule has 6 nitrogen and oxygen atoms in total. The maximum Gasteiger partial charge on any atom is 0.244 e. The SMILES string of the molecule is CC(=O)N[C@H](C)C(=O)N1CC[C@@H](CN(C)Cc2scnc2C)C1. The maximum atomic E-state index is 12.3. The maximum absolute atomic E-state index is 12.3. The second-order valence-corrected chi connectivity index (χ2v) is 7.36. The summed E-state index contributed by atoms with van der Waals surface area (Å²) in [6, 6.07) is -0.441. The Hall–Kier alpha value is -1.47. The zero-order valence-electron chi connectivity index (χ0n) is 14.3. The number of nitrogens with zero attached hydrogens (tertiary/aromatic N) is 3. The summed E-state index contributed by atoms with van der Waals surface area (Å²) >= 11 is 1.69. The van der Waals surface area contributed by atoms with E-state index in [1.807, 2.05) is 17.3 Å². The Morgan fingerprint density at radius 1 is 1.57 bits per heavy atom. The topological polar surface area (TPSA) is 65.5 Å². The highest BCUT2D eigenvalue weighted by atomic mass is 32.1. The van der Waals surface area contributed by atoms with Crippen LogP contribution in [0.15, 0.2) is 5.51 Å². The number of amides is 2. The van der Waals surface area contributed by atoms with E-state index >= 15 is 0 Å². The fourth-order valence-electron chi connectivity index (χ4n) is 3.05. The normalized spacial score (nSPS) is 19.2. The van der Waals surface area contributed by atoms with E-state index in [1.54, 1.807) is 18.3 Å². The number of hydrogen-bond donors (Lipinski definition) is 1. The highest BCUT2D eigenvalue weighted by molar-refractivity contribution is 7.09. The quantitative estimate of drug-likeness (QED) is 0.848. The van der Waals surface area contributed by atoms with Crippen LogP contribution in [0.2, 0.25) is 0 Å². The number of likely N-dealkylation sites (tertiary alicyclic amines) is 1. The van der Waals surface area contributed by atoms with Gasteiger partial charge in [0.25, 0.3) is 0 Å². The van der Waals surface area contributed by atoms with Gasteiger partial charge in [0.1, 0.15) is 6.04 Å². The zero-order chi connectivity index (χ0) is 17.0. The van der Waals surface area contributed by atoms with E-state index in [2.05, 4.69) is 22.2 Å². The summed E-state index contributed by atoms with van der Waals surface area (Å²) in [6.45, 7) is 8.65. The summed E-state index contributed by atoms with van der Waals surface area (Å²) < 4.78 is 0. The van der Waals surface area contributed by atoms with Crippen LogP contribution in [0.4, 0.5) is 0 Å². The largest absolute Gasteiger partial charge is 0.345 e. The number of thiazole rings is 1. The summed E-state index contributed by atoms with van der Waals surface area (Å²) in [6.07, 6.45) is 1.02. The van der Waals surface area contributed by atoms with Crippen LogP contribution in [0.25, 0.3) is 0 Å². The Labute approximate surface area is 141 Å². The molecular weight excluding hydrogens is 312 g/mol. The molecule has 1 fully saturated rings. The van der Waals surface area contributed by atoms with Crippen LogP contribution in [-0.4, -0.2) is 59.3 Å². The molecule has 0 unspecified atom stereocenters. The molecule has 0 spiro atoms. The first-order chi connectivity index (χ1) is 10.9. The second kappa shape index (κ2) is 7.88. The molecule has 0 bridgehead atoms. The molecule has 1 aliphatic heterocycles. The van der Waals surface area contributed by atoms with E-state index in [4.69, 9.17) is 0 Å². The zero-order valence-corrected chi connectivity index (χ0v) is 15.2. The van der Waals surface area contributed by atoms with E-state index in [0.29, 0.717) is 5.92 Å². The van der Waals surface area contributed by atoms with Gasteiger partial charge in [-0.3, -0.25) is 9.59 Å². The van der Waals surface area contributed by atoms with Gasteiger partial charge in [0.15, 0.2) is 0 Å². The van der Waals surface area contributed by atoms with Gasteiger partial charge < -0.3 is 15.1 Å². The number of rotatable bonds is 6. The van der Waals surface area contributed by atoms with Crippen molar-refractivity contribution in [1.82, 2.24) is 20.1 Å². The molecule has 23 heavy (non-hydrogen) atoms. The van der Waals surface area contributed by atoms with Crippen molar-refractivity contribution in [3.8, 4) is 0 Å². The van der Waals surface area contributed by atoms with Gasteiger partial charge in [0.2, 0.25) is 11.8 Å². The van der Waals surface area contributed by atoms with Crippen molar-refractivity contribution in [2.45, 2.75) is 39.8 Å². The molecule has 1 aromatic heterocycles. The van der Waals surface area contributed by atoms with Gasteiger partial charge in [-0.1, -0.05) is 0 Å². The summed E-state index contributed by atoms with van der Waals surface area (Å²) in [4.78, 5) is 33.1. The van der Waals surface area contributed by atoms with Gasteiger partial charge in [-0.25, -0.2) is 4.98 Å². The summed E-state index contributed by atoms with van der Waals surface area (Å²) in [5, 5.41) is 2.66. The van der Waals surface area contributed by atoms with Gasteiger partial charge >= 0.3 is 0 Å². The number of aryl methyl sites for hydroxylation is 1. The molecule has 0 radical (unpaired) electrons. The Balaban J connectivity index is 1.79. The Bertz CT molecular complexity index is 560. The average Bonchev–Trinajstić information content (AvgIpc) is 3.07. The third-order valence-corrected chi connectivity index (χ3v) is 5.14. The molecule has 1 N–H and O–H groups in total. The molecule has 1 aromatic rings. The molecule has 128 valence electrons. The minimum absolute atomic E-state index is 0.0173. The van der Waals surface area contributed by atoms with Crippen LogP contribution in [0.1, 0.15) is 30.8 Å². The number of aromatic nitrogens is 1. The Morgan fingerprint density at radius 3 is 2.91 bits per heavy atom. The first-order valence-corrected chi connectivity index (χ1v) is 8.88. The van der Waals surface area contributed by atoms with Gasteiger partial charge in [0, 0.05) is 38.0 Å². The standard InChI is InChI=1S/C16H26N4O2S/c1-11-15(23-10-17-11)9-19(4)7-14-5-6-20(8-14)16(22)12(2)18-13(3)21/h10,12,14H,5-9H2,1-4H3,(H,18,21)/t12-,14+/m1/s1. The van der Waals surface area contributed by atoms with Crippen molar-refractivity contribution in [3.63, 3.8) is 0 Å². The highest BCUT2D eigenvalue weighted by Gasteiger charge is 2.29. The third-order valence-electron chi connectivity index (χ3n) is 4.22. The monoisotopic (exact) mass is 338 g/mol. The first-order valence-electron chi connectivity index (χ1n) is 8.00. The number of hydrogen-bond acceptors (Lipinski definition) is 5. The number of carbonyl (C=O) groups excluding carboxylic acids is 2. The Kier molecular flexibility index (Phi) is 6.12. The highest BCUT2D eigenvalue weighted by Crippen LogP contribution is 2.20. The van der Waals surface area contributed by atoms with Crippen molar-refractivity contribution in [1.29, 1.82) is 0 Å². The van der Waals surface area contributed by atoms with Crippen molar-refractivity contribution in [3.05, 3.63) is 16.1 Å². The molecule has 2 atom stereocenters. The van der Waals surface area contributed by atoms with Crippen LogP contribution in [0, 0.1) is 12.8 Å². The molecule has 1 aliphatic rings. The molecule has 2 heterocycles. The number of nitrogens with one attached hydrogen (secondary N) is 1. The molecule has 2 rings (SSSR count). The van der Waals surface area contributed by atoms with Crippen molar-refractivity contribution in [2.75, 3.05) is 26.7 Å². The summed E-state index contributed by atoms with van der Waals surface area (Å²) in [7, 11) is 2.11. The van der Waals surface area contributed by atoms with Gasteiger partial charge in [-0.15, -0.1) is 11.3 Å². The minimum Gasteiger partial charge on any atom is -0.345 e. The molecule has 1 saturated heterocycles. The summed E-state index contributed by atoms with van der Waals surface area (Å²) in [5.74, 6) is 0.339. The van der Waals surface area contributed by atoms with Crippen molar-refractivity contribution >= 4 is 23.2 Å². The van der Waals surface area contributed by atoms with Crippen LogP contribution in [0.3, 0.4) is 0 Å². The van der Waals surface area contributed by atoms with E-state index in [-0.39, 0.29) is 11.8 Å². The van der Waals surface area contributed by atoms with E-state index in [1.165, 1.54) is 11.8 Å². The third kappa shape index (κ3) is 5.00. The molecular formula is C16H26N4O2S. The van der Waals surface area contributed by atoms with Crippen LogP contribution in [0.5, 0.6) is 0 Å². The van der Waals surface area contributed by atoms with Gasteiger partial charge in [0.05, 0.1) is 11.2 Å². The van der Waals surface area contributed by atoms with Crippen molar-refractivity contribution in [2.24, 2.45) is 5.92 Å². The lowest BCUT2D eigenvalue weighted by molar-refractivity contribution is -0.134. The van der Waals surface area contributed by atoms with Crippen molar-refractivity contribution < 1.29 is 9.59 Å². The molecule has 7 heteroatoms. The summed E-state index contributed by atoms with van der Waals surface area (Å²) in [5.41, 5.74) is 2.99. The molecule has 0 saturated carbocycles. The van der Waals surface area contributed by atoms with E-state index in [9.17, 15) is 9.59 Å². The average molecular weight is 338 g/mol. The molecule has 2 amide bonds.